The Morgan fingerprint density at radius 2 is 2.24 bits per heavy atom. The van der Waals surface area contributed by atoms with E-state index >= 15 is 0 Å². The second-order valence-corrected chi connectivity index (χ2v) is 7.67. The summed E-state index contributed by atoms with van der Waals surface area (Å²) in [6, 6.07) is 0.383. The summed E-state index contributed by atoms with van der Waals surface area (Å²) >= 11 is 3.49. The van der Waals surface area contributed by atoms with Crippen molar-refractivity contribution < 1.29 is 9.53 Å². The molecule has 1 heterocycles. The van der Waals surface area contributed by atoms with Crippen LogP contribution in [0, 0.1) is 0 Å². The van der Waals surface area contributed by atoms with Crippen LogP contribution in [0.2, 0.25) is 0 Å². The quantitative estimate of drug-likeness (QED) is 0.549. The summed E-state index contributed by atoms with van der Waals surface area (Å²) in [7, 11) is 0. The van der Waals surface area contributed by atoms with Gasteiger partial charge in [-0.2, -0.15) is 11.8 Å². The van der Waals surface area contributed by atoms with Crippen LogP contribution in [0.3, 0.4) is 0 Å². The van der Waals surface area contributed by atoms with E-state index in [4.69, 9.17) is 4.74 Å². The summed E-state index contributed by atoms with van der Waals surface area (Å²) in [5.41, 5.74) is 0.0666. The molecule has 0 saturated carbocycles. The van der Waals surface area contributed by atoms with Crippen LogP contribution >= 0.6 is 23.1 Å². The van der Waals surface area contributed by atoms with Crippen molar-refractivity contribution in [3.63, 3.8) is 0 Å². The number of hydrogen-bond acceptors (Lipinski definition) is 6. The van der Waals surface area contributed by atoms with Crippen molar-refractivity contribution in [2.45, 2.75) is 52.5 Å². The van der Waals surface area contributed by atoms with Crippen LogP contribution in [-0.4, -0.2) is 35.1 Å². The molecule has 0 saturated heterocycles. The van der Waals surface area contributed by atoms with Crippen LogP contribution in [0.1, 0.15) is 46.7 Å². The summed E-state index contributed by atoms with van der Waals surface area (Å²) in [5, 5.41) is 6.22. The Morgan fingerprint density at radius 1 is 1.52 bits per heavy atom. The van der Waals surface area contributed by atoms with Crippen LogP contribution in [0.15, 0.2) is 5.38 Å². The molecule has 0 aliphatic rings. The predicted octanol–water partition coefficient (Wildman–Crippen LogP) is 3.93. The number of nitrogens with zero attached hydrogens (tertiary/aromatic N) is 1. The molecular formula is C15H26N2O2S2. The number of ether oxygens (including phenoxy) is 1. The fraction of sp³-hybridized carbons (Fsp3) is 0.733. The number of rotatable bonds is 9. The van der Waals surface area contributed by atoms with Crippen molar-refractivity contribution in [2.24, 2.45) is 0 Å². The number of aromatic nitrogens is 1. The monoisotopic (exact) mass is 330 g/mol. The fourth-order valence-electron chi connectivity index (χ4n) is 1.73. The van der Waals surface area contributed by atoms with Gasteiger partial charge in [0.05, 0.1) is 12.3 Å². The van der Waals surface area contributed by atoms with Crippen molar-refractivity contribution in [3.05, 3.63) is 11.1 Å². The van der Waals surface area contributed by atoms with E-state index in [0.29, 0.717) is 12.6 Å². The average molecular weight is 331 g/mol. The Morgan fingerprint density at radius 3 is 2.86 bits per heavy atom. The van der Waals surface area contributed by atoms with E-state index < -0.39 is 5.41 Å². The zero-order valence-corrected chi connectivity index (χ0v) is 15.2. The highest BCUT2D eigenvalue weighted by Crippen LogP contribution is 2.28. The Labute approximate surface area is 136 Å². The molecule has 0 aliphatic heterocycles. The highest BCUT2D eigenvalue weighted by Gasteiger charge is 2.34. The molecule has 0 fully saturated rings. The minimum Gasteiger partial charge on any atom is -0.465 e. The minimum atomic E-state index is -0.701. The molecule has 1 rings (SSSR count). The van der Waals surface area contributed by atoms with Crippen molar-refractivity contribution in [1.82, 2.24) is 4.98 Å². The van der Waals surface area contributed by atoms with Gasteiger partial charge in [-0.05, 0) is 45.6 Å². The van der Waals surface area contributed by atoms with Crippen molar-refractivity contribution >= 4 is 34.2 Å². The topological polar surface area (TPSA) is 51.2 Å². The molecule has 1 aromatic rings. The molecule has 21 heavy (non-hydrogen) atoms. The number of carbonyl (C=O) groups excluding carboxylic acids is 1. The maximum atomic E-state index is 12.0. The van der Waals surface area contributed by atoms with Gasteiger partial charge in [-0.1, -0.05) is 6.92 Å². The molecule has 0 aromatic carbocycles. The smallest absolute Gasteiger partial charge is 0.317 e. The SMILES string of the molecule is CCOC(=O)C(C)(C)c1csc(NC(C)CCSCC)n1. The van der Waals surface area contributed by atoms with E-state index in [1.54, 1.807) is 11.3 Å². The van der Waals surface area contributed by atoms with Gasteiger partial charge in [0.15, 0.2) is 5.13 Å². The maximum Gasteiger partial charge on any atom is 0.317 e. The fourth-order valence-corrected chi connectivity index (χ4v) is 3.53. The number of anilines is 1. The van der Waals surface area contributed by atoms with Crippen LogP contribution < -0.4 is 5.32 Å². The molecule has 120 valence electrons. The minimum absolute atomic E-state index is 0.228. The summed E-state index contributed by atoms with van der Waals surface area (Å²) in [6.07, 6.45) is 1.11. The largest absolute Gasteiger partial charge is 0.465 e. The van der Waals surface area contributed by atoms with Gasteiger partial charge in [0.2, 0.25) is 0 Å². The summed E-state index contributed by atoms with van der Waals surface area (Å²) in [4.78, 5) is 16.5. The van der Waals surface area contributed by atoms with Gasteiger partial charge in [-0.3, -0.25) is 4.79 Å². The van der Waals surface area contributed by atoms with Crippen LogP contribution in [0.25, 0.3) is 0 Å². The van der Waals surface area contributed by atoms with Gasteiger partial charge in [0.25, 0.3) is 0 Å². The summed E-state index contributed by atoms with van der Waals surface area (Å²) in [5.74, 6) is 2.08. The van der Waals surface area contributed by atoms with Gasteiger partial charge < -0.3 is 10.1 Å². The molecule has 1 N–H and O–H groups in total. The first-order valence-corrected chi connectivity index (χ1v) is 9.42. The lowest BCUT2D eigenvalue weighted by atomic mass is 9.90. The highest BCUT2D eigenvalue weighted by molar-refractivity contribution is 7.99. The second kappa shape index (κ2) is 8.63. The standard InChI is InChI=1S/C15H26N2O2S2/c1-6-19-13(18)15(4,5)12-10-21-14(17-12)16-11(3)8-9-20-7-2/h10-11H,6-9H2,1-5H3,(H,16,17). The molecule has 0 bridgehead atoms. The normalized spacial score (nSPS) is 13.0. The molecule has 0 aliphatic carbocycles. The van der Waals surface area contributed by atoms with Crippen LogP contribution in [-0.2, 0) is 14.9 Å². The number of nitrogens with one attached hydrogen (secondary N) is 1. The third-order valence-electron chi connectivity index (χ3n) is 3.20. The van der Waals surface area contributed by atoms with E-state index in [2.05, 4.69) is 24.1 Å². The molecule has 1 aromatic heterocycles. The molecule has 0 spiro atoms. The van der Waals surface area contributed by atoms with E-state index in [0.717, 1.165) is 28.8 Å². The first-order chi connectivity index (χ1) is 9.91. The van der Waals surface area contributed by atoms with E-state index in [9.17, 15) is 4.79 Å². The molecule has 1 atom stereocenters. The number of hydrogen-bond donors (Lipinski definition) is 1. The maximum absolute atomic E-state index is 12.0. The van der Waals surface area contributed by atoms with Gasteiger partial charge in [-0.25, -0.2) is 4.98 Å². The Hall–Kier alpha value is -0.750. The molecule has 0 amide bonds. The van der Waals surface area contributed by atoms with Gasteiger partial charge in [0.1, 0.15) is 5.41 Å². The van der Waals surface area contributed by atoms with Crippen LogP contribution in [0.4, 0.5) is 5.13 Å². The molecule has 0 radical (unpaired) electrons. The molecular weight excluding hydrogens is 304 g/mol. The lowest BCUT2D eigenvalue weighted by Crippen LogP contribution is -2.31. The third kappa shape index (κ3) is 5.51. The average Bonchev–Trinajstić information content (AvgIpc) is 2.88. The first-order valence-electron chi connectivity index (χ1n) is 7.39. The Bertz CT molecular complexity index is 447. The summed E-state index contributed by atoms with van der Waals surface area (Å²) in [6.45, 7) is 10.2. The third-order valence-corrected chi connectivity index (χ3v) is 4.91. The highest BCUT2D eigenvalue weighted by atomic mass is 32.2. The van der Waals surface area contributed by atoms with Crippen molar-refractivity contribution in [2.75, 3.05) is 23.4 Å². The first kappa shape index (κ1) is 18.3. The Kier molecular flexibility index (Phi) is 7.52. The molecule has 4 nitrogen and oxygen atoms in total. The van der Waals surface area contributed by atoms with Crippen LogP contribution in [0.5, 0.6) is 0 Å². The van der Waals surface area contributed by atoms with Gasteiger partial charge in [0, 0.05) is 11.4 Å². The number of carbonyl (C=O) groups is 1. The van der Waals surface area contributed by atoms with Crippen molar-refractivity contribution in [3.8, 4) is 0 Å². The van der Waals surface area contributed by atoms with E-state index in [1.165, 1.54) is 0 Å². The lowest BCUT2D eigenvalue weighted by molar-refractivity contribution is -0.148. The molecule has 1 unspecified atom stereocenters. The van der Waals surface area contributed by atoms with Crippen molar-refractivity contribution in [1.29, 1.82) is 0 Å². The Balaban J connectivity index is 2.62. The number of thiazole rings is 1. The van der Waals surface area contributed by atoms with Gasteiger partial charge in [-0.15, -0.1) is 11.3 Å². The van der Waals surface area contributed by atoms with E-state index in [1.807, 2.05) is 37.9 Å². The van der Waals surface area contributed by atoms with E-state index in [-0.39, 0.29) is 5.97 Å². The summed E-state index contributed by atoms with van der Waals surface area (Å²) < 4.78 is 5.12. The zero-order chi connectivity index (χ0) is 15.9. The second-order valence-electron chi connectivity index (χ2n) is 5.41. The number of thioether (sulfide) groups is 1. The lowest BCUT2D eigenvalue weighted by Gasteiger charge is -2.19. The van der Waals surface area contributed by atoms with Gasteiger partial charge >= 0.3 is 5.97 Å². The number of esters is 1. The molecule has 6 heteroatoms. The predicted molar refractivity (Wildman–Crippen MR) is 92.5 cm³/mol. The zero-order valence-electron chi connectivity index (χ0n) is 13.6.